The van der Waals surface area contributed by atoms with Gasteiger partial charge in [-0.2, -0.15) is 4.31 Å². The van der Waals surface area contributed by atoms with Crippen LogP contribution in [0.5, 0.6) is 0 Å². The first-order chi connectivity index (χ1) is 13.4. The van der Waals surface area contributed by atoms with Gasteiger partial charge in [-0.15, -0.1) is 0 Å². The zero-order valence-electron chi connectivity index (χ0n) is 16.7. The molecule has 0 atom stereocenters. The molecule has 6 nitrogen and oxygen atoms in total. The smallest absolute Gasteiger partial charge is 0.243 e. The third-order valence-electron chi connectivity index (χ3n) is 5.51. The molecule has 1 amide bonds. The Morgan fingerprint density at radius 2 is 1.79 bits per heavy atom. The first-order valence-corrected chi connectivity index (χ1v) is 11.6. The molecule has 0 saturated carbocycles. The monoisotopic (exact) mass is 405 g/mol. The van der Waals surface area contributed by atoms with Gasteiger partial charge in [-0.25, -0.2) is 8.42 Å². The molecular formula is C21H31N3O3S. The number of nitrogens with one attached hydrogen (secondary N) is 1. The highest BCUT2D eigenvalue weighted by atomic mass is 32.2. The first kappa shape index (κ1) is 21.0. The van der Waals surface area contributed by atoms with Gasteiger partial charge in [0.05, 0.1) is 11.4 Å². The molecule has 1 fully saturated rings. The van der Waals surface area contributed by atoms with Crippen molar-refractivity contribution in [1.82, 2.24) is 14.5 Å². The van der Waals surface area contributed by atoms with Crippen molar-refractivity contribution in [1.29, 1.82) is 0 Å². The van der Waals surface area contributed by atoms with E-state index < -0.39 is 10.0 Å². The van der Waals surface area contributed by atoms with E-state index in [4.69, 9.17) is 0 Å². The Hall–Kier alpha value is -1.70. The predicted molar refractivity (Wildman–Crippen MR) is 111 cm³/mol. The Morgan fingerprint density at radius 3 is 2.43 bits per heavy atom. The minimum absolute atomic E-state index is 0.0197. The molecule has 1 aliphatic heterocycles. The SMILES string of the molecule is Cc1ccc(S(=O)(=O)N2CCN(CC(=O)NCCC3=CCCCC3)CC2)cc1. The summed E-state index contributed by atoms with van der Waals surface area (Å²) in [7, 11) is -3.46. The van der Waals surface area contributed by atoms with Crippen LogP contribution < -0.4 is 5.32 Å². The Balaban J connectivity index is 1.41. The minimum atomic E-state index is -3.46. The van der Waals surface area contributed by atoms with Crippen molar-refractivity contribution in [2.75, 3.05) is 39.3 Å². The van der Waals surface area contributed by atoms with Crippen LogP contribution in [0.4, 0.5) is 0 Å². The van der Waals surface area contributed by atoms with Gasteiger partial charge in [0.15, 0.2) is 0 Å². The fraction of sp³-hybridized carbons (Fsp3) is 0.571. The third kappa shape index (κ3) is 5.65. The second-order valence-electron chi connectivity index (χ2n) is 7.70. The van der Waals surface area contributed by atoms with Crippen molar-refractivity contribution in [3.05, 3.63) is 41.5 Å². The molecule has 0 unspecified atom stereocenters. The van der Waals surface area contributed by atoms with E-state index in [-0.39, 0.29) is 5.91 Å². The third-order valence-corrected chi connectivity index (χ3v) is 7.42. The highest BCUT2D eigenvalue weighted by Crippen LogP contribution is 2.20. The lowest BCUT2D eigenvalue weighted by molar-refractivity contribution is -0.122. The van der Waals surface area contributed by atoms with Gasteiger partial charge >= 0.3 is 0 Å². The van der Waals surface area contributed by atoms with Crippen LogP contribution in [0.15, 0.2) is 40.8 Å². The van der Waals surface area contributed by atoms with Gasteiger partial charge in [0.25, 0.3) is 0 Å². The largest absolute Gasteiger partial charge is 0.355 e. The molecule has 0 bridgehead atoms. The van der Waals surface area contributed by atoms with Crippen molar-refractivity contribution < 1.29 is 13.2 Å². The van der Waals surface area contributed by atoms with Crippen LogP contribution in [-0.2, 0) is 14.8 Å². The number of carbonyl (C=O) groups is 1. The van der Waals surface area contributed by atoms with E-state index in [1.807, 2.05) is 24.0 Å². The molecule has 7 heteroatoms. The molecule has 1 aromatic carbocycles. The average molecular weight is 406 g/mol. The average Bonchev–Trinajstić information content (AvgIpc) is 2.69. The second kappa shape index (κ2) is 9.67. The number of hydrogen-bond acceptors (Lipinski definition) is 4. The zero-order chi connectivity index (χ0) is 20.0. The van der Waals surface area contributed by atoms with E-state index in [1.54, 1.807) is 12.1 Å². The van der Waals surface area contributed by atoms with Crippen LogP contribution in [0.3, 0.4) is 0 Å². The number of hydrogen-bond donors (Lipinski definition) is 1. The first-order valence-electron chi connectivity index (χ1n) is 10.2. The van der Waals surface area contributed by atoms with E-state index in [0.717, 1.165) is 18.4 Å². The van der Waals surface area contributed by atoms with Gasteiger partial charge in [0.1, 0.15) is 0 Å². The number of allylic oxidation sites excluding steroid dienone is 1. The molecule has 154 valence electrons. The van der Waals surface area contributed by atoms with Crippen molar-refractivity contribution >= 4 is 15.9 Å². The van der Waals surface area contributed by atoms with Crippen LogP contribution >= 0.6 is 0 Å². The van der Waals surface area contributed by atoms with E-state index in [2.05, 4.69) is 11.4 Å². The Morgan fingerprint density at radius 1 is 1.07 bits per heavy atom. The summed E-state index contributed by atoms with van der Waals surface area (Å²) in [6.07, 6.45) is 8.11. The van der Waals surface area contributed by atoms with E-state index >= 15 is 0 Å². The molecule has 1 saturated heterocycles. The second-order valence-corrected chi connectivity index (χ2v) is 9.64. The number of sulfonamides is 1. The Bertz CT molecular complexity index is 795. The van der Waals surface area contributed by atoms with Crippen LogP contribution in [0.25, 0.3) is 0 Å². The summed E-state index contributed by atoms with van der Waals surface area (Å²) in [5, 5.41) is 3.00. The van der Waals surface area contributed by atoms with E-state index in [1.165, 1.54) is 29.1 Å². The zero-order valence-corrected chi connectivity index (χ0v) is 17.5. The van der Waals surface area contributed by atoms with Crippen LogP contribution in [0, 0.1) is 6.92 Å². The van der Waals surface area contributed by atoms with Crippen LogP contribution in [0.1, 0.15) is 37.7 Å². The molecule has 0 spiro atoms. The van der Waals surface area contributed by atoms with E-state index in [9.17, 15) is 13.2 Å². The van der Waals surface area contributed by atoms with Gasteiger partial charge in [-0.05, 0) is 51.2 Å². The Kier molecular flexibility index (Phi) is 7.26. The van der Waals surface area contributed by atoms with Crippen LogP contribution in [0.2, 0.25) is 0 Å². The Labute approximate surface area is 168 Å². The highest BCUT2D eigenvalue weighted by molar-refractivity contribution is 7.89. The van der Waals surface area contributed by atoms with Gasteiger partial charge < -0.3 is 5.32 Å². The lowest BCUT2D eigenvalue weighted by Gasteiger charge is -2.33. The van der Waals surface area contributed by atoms with Crippen LogP contribution in [-0.4, -0.2) is 62.8 Å². The summed E-state index contributed by atoms with van der Waals surface area (Å²) in [5.41, 5.74) is 2.50. The maximum atomic E-state index is 12.7. The van der Waals surface area contributed by atoms with E-state index in [0.29, 0.717) is 44.2 Å². The minimum Gasteiger partial charge on any atom is -0.355 e. The van der Waals surface area contributed by atoms with Gasteiger partial charge in [-0.3, -0.25) is 9.69 Å². The molecule has 0 radical (unpaired) electrons. The summed E-state index contributed by atoms with van der Waals surface area (Å²) >= 11 is 0. The molecular weight excluding hydrogens is 374 g/mol. The summed E-state index contributed by atoms with van der Waals surface area (Å²) in [6, 6.07) is 6.95. The number of benzene rings is 1. The van der Waals surface area contributed by atoms with Gasteiger partial charge in [0, 0.05) is 32.7 Å². The molecule has 2 aliphatic rings. The van der Waals surface area contributed by atoms with Crippen molar-refractivity contribution in [2.45, 2.75) is 43.9 Å². The lowest BCUT2D eigenvalue weighted by Crippen LogP contribution is -2.51. The quantitative estimate of drug-likeness (QED) is 0.707. The van der Waals surface area contributed by atoms with Gasteiger partial charge in [-0.1, -0.05) is 29.3 Å². The summed E-state index contributed by atoms with van der Waals surface area (Å²) in [5.74, 6) is 0.0197. The highest BCUT2D eigenvalue weighted by Gasteiger charge is 2.28. The standard InChI is InChI=1S/C21H31N3O3S/c1-18-7-9-20(10-8-18)28(26,27)24-15-13-23(14-16-24)17-21(25)22-12-11-19-5-3-2-4-6-19/h5,7-10H,2-4,6,11-17H2,1H3,(H,22,25). The number of rotatable bonds is 7. The number of amides is 1. The molecule has 1 aliphatic carbocycles. The van der Waals surface area contributed by atoms with Crippen molar-refractivity contribution in [3.63, 3.8) is 0 Å². The molecule has 0 aromatic heterocycles. The topological polar surface area (TPSA) is 69.7 Å². The maximum absolute atomic E-state index is 12.7. The summed E-state index contributed by atoms with van der Waals surface area (Å²) in [6.45, 7) is 4.93. The maximum Gasteiger partial charge on any atom is 0.243 e. The molecule has 28 heavy (non-hydrogen) atoms. The lowest BCUT2D eigenvalue weighted by atomic mass is 9.97. The van der Waals surface area contributed by atoms with Crippen molar-refractivity contribution in [3.8, 4) is 0 Å². The molecule has 1 heterocycles. The molecule has 1 N–H and O–H groups in total. The van der Waals surface area contributed by atoms with Gasteiger partial charge in [0.2, 0.25) is 15.9 Å². The fourth-order valence-corrected chi connectivity index (χ4v) is 5.16. The number of aryl methyl sites for hydroxylation is 1. The molecule has 1 aromatic rings. The number of carbonyl (C=O) groups excluding carboxylic acids is 1. The molecule has 3 rings (SSSR count). The number of piperazine rings is 1. The fourth-order valence-electron chi connectivity index (χ4n) is 3.74. The summed E-state index contributed by atoms with van der Waals surface area (Å²) < 4.78 is 27.0. The summed E-state index contributed by atoms with van der Waals surface area (Å²) in [4.78, 5) is 14.5. The predicted octanol–water partition coefficient (Wildman–Crippen LogP) is 2.31. The normalized spacial score (nSPS) is 19.2. The number of nitrogens with zero attached hydrogens (tertiary/aromatic N) is 2. The van der Waals surface area contributed by atoms with Crippen molar-refractivity contribution in [2.24, 2.45) is 0 Å².